The number of carbonyl (C=O) groups is 2. The summed E-state index contributed by atoms with van der Waals surface area (Å²) in [6.07, 6.45) is 1.17. The minimum Gasteiger partial charge on any atom is -0.481 e. The van der Waals surface area contributed by atoms with Crippen LogP contribution in [0.1, 0.15) is 16.9 Å². The SMILES string of the molecule is O=C(O)CC1CN(CC(=O)N2CCc3sccc3C2)C1. The maximum Gasteiger partial charge on any atom is 0.303 e. The summed E-state index contributed by atoms with van der Waals surface area (Å²) in [6, 6.07) is 2.10. The molecule has 1 aromatic heterocycles. The number of fused-ring (bicyclic) bond motifs is 1. The summed E-state index contributed by atoms with van der Waals surface area (Å²) in [5.74, 6) is -0.372. The minimum atomic E-state index is -0.748. The molecule has 20 heavy (non-hydrogen) atoms. The van der Waals surface area contributed by atoms with Crippen molar-refractivity contribution >= 4 is 23.2 Å². The summed E-state index contributed by atoms with van der Waals surface area (Å²) in [7, 11) is 0. The van der Waals surface area contributed by atoms with Gasteiger partial charge in [0, 0.05) is 31.1 Å². The molecule has 5 nitrogen and oxygen atoms in total. The van der Waals surface area contributed by atoms with E-state index in [1.807, 2.05) is 9.80 Å². The van der Waals surface area contributed by atoms with E-state index in [-0.39, 0.29) is 18.2 Å². The molecule has 1 N–H and O–H groups in total. The topological polar surface area (TPSA) is 60.9 Å². The van der Waals surface area contributed by atoms with Crippen LogP contribution in [-0.4, -0.2) is 53.0 Å². The molecule has 0 unspecified atom stereocenters. The molecule has 0 bridgehead atoms. The highest BCUT2D eigenvalue weighted by atomic mass is 32.1. The summed E-state index contributed by atoms with van der Waals surface area (Å²) in [5, 5.41) is 10.8. The molecular weight excluding hydrogens is 276 g/mol. The van der Waals surface area contributed by atoms with Crippen molar-refractivity contribution in [2.24, 2.45) is 5.92 Å². The lowest BCUT2D eigenvalue weighted by Gasteiger charge is -2.39. The zero-order chi connectivity index (χ0) is 14.1. The first-order valence-electron chi connectivity index (χ1n) is 6.89. The molecule has 2 aliphatic heterocycles. The summed E-state index contributed by atoms with van der Waals surface area (Å²) in [5.41, 5.74) is 1.28. The lowest BCUT2D eigenvalue weighted by Crippen LogP contribution is -2.52. The fourth-order valence-electron chi connectivity index (χ4n) is 2.93. The standard InChI is InChI=1S/C14H18N2O3S/c17-13(9-15-6-10(7-15)5-14(18)19)16-3-1-12-11(8-16)2-4-20-12/h2,4,10H,1,3,5-9H2,(H,18,19). The Labute approximate surface area is 121 Å². The van der Waals surface area contributed by atoms with Crippen LogP contribution in [0.25, 0.3) is 0 Å². The number of nitrogens with zero attached hydrogens (tertiary/aromatic N) is 2. The maximum absolute atomic E-state index is 12.2. The van der Waals surface area contributed by atoms with Gasteiger partial charge in [-0.1, -0.05) is 0 Å². The van der Waals surface area contributed by atoms with Gasteiger partial charge in [0.25, 0.3) is 0 Å². The predicted molar refractivity (Wildman–Crippen MR) is 75.6 cm³/mol. The number of thiophene rings is 1. The van der Waals surface area contributed by atoms with Crippen LogP contribution in [0.4, 0.5) is 0 Å². The Morgan fingerprint density at radius 1 is 1.40 bits per heavy atom. The number of amides is 1. The lowest BCUT2D eigenvalue weighted by atomic mass is 9.96. The summed E-state index contributed by atoms with van der Waals surface area (Å²) < 4.78 is 0. The third-order valence-electron chi connectivity index (χ3n) is 4.02. The van der Waals surface area contributed by atoms with E-state index in [0.717, 1.165) is 32.6 Å². The lowest BCUT2D eigenvalue weighted by molar-refractivity contribution is -0.140. The third kappa shape index (κ3) is 2.86. The molecule has 0 saturated carbocycles. The van der Waals surface area contributed by atoms with Gasteiger partial charge in [0.2, 0.25) is 5.91 Å². The van der Waals surface area contributed by atoms with Gasteiger partial charge in [-0.05, 0) is 29.3 Å². The van der Waals surface area contributed by atoms with Crippen molar-refractivity contribution in [3.63, 3.8) is 0 Å². The summed E-state index contributed by atoms with van der Waals surface area (Å²) >= 11 is 1.77. The Bertz CT molecular complexity index is 522. The highest BCUT2D eigenvalue weighted by molar-refractivity contribution is 7.10. The number of carboxylic acid groups (broad SMARTS) is 1. The van der Waals surface area contributed by atoms with Gasteiger partial charge in [-0.15, -0.1) is 11.3 Å². The van der Waals surface area contributed by atoms with Crippen molar-refractivity contribution in [2.45, 2.75) is 19.4 Å². The molecule has 3 heterocycles. The Kier molecular flexibility index (Phi) is 3.76. The Morgan fingerprint density at radius 3 is 2.95 bits per heavy atom. The second kappa shape index (κ2) is 5.54. The summed E-state index contributed by atoms with van der Waals surface area (Å²) in [6.45, 7) is 3.42. The van der Waals surface area contributed by atoms with E-state index in [1.165, 1.54) is 10.4 Å². The minimum absolute atomic E-state index is 0.163. The highest BCUT2D eigenvalue weighted by Gasteiger charge is 2.31. The van der Waals surface area contributed by atoms with Gasteiger partial charge in [0.05, 0.1) is 13.0 Å². The van der Waals surface area contributed by atoms with Gasteiger partial charge in [-0.25, -0.2) is 0 Å². The fourth-order valence-corrected chi connectivity index (χ4v) is 3.82. The van der Waals surface area contributed by atoms with Crippen molar-refractivity contribution in [2.75, 3.05) is 26.2 Å². The van der Waals surface area contributed by atoms with Crippen LogP contribution in [0.2, 0.25) is 0 Å². The molecule has 0 atom stereocenters. The zero-order valence-corrected chi connectivity index (χ0v) is 12.1. The molecule has 0 spiro atoms. The van der Waals surface area contributed by atoms with Crippen LogP contribution in [0.15, 0.2) is 11.4 Å². The Balaban J connectivity index is 1.46. The van der Waals surface area contributed by atoms with Crippen LogP contribution in [0.5, 0.6) is 0 Å². The van der Waals surface area contributed by atoms with Crippen molar-refractivity contribution in [3.05, 3.63) is 21.9 Å². The second-order valence-electron chi connectivity index (χ2n) is 5.59. The molecule has 2 aliphatic rings. The first-order valence-corrected chi connectivity index (χ1v) is 7.77. The number of carboxylic acids is 1. The molecule has 108 valence electrons. The van der Waals surface area contributed by atoms with E-state index in [2.05, 4.69) is 11.4 Å². The Hall–Kier alpha value is -1.40. The first kappa shape index (κ1) is 13.6. The second-order valence-corrected chi connectivity index (χ2v) is 6.59. The highest BCUT2D eigenvalue weighted by Crippen LogP contribution is 2.25. The van der Waals surface area contributed by atoms with Crippen molar-refractivity contribution < 1.29 is 14.7 Å². The number of aliphatic carboxylic acids is 1. The molecule has 6 heteroatoms. The van der Waals surface area contributed by atoms with Gasteiger partial charge >= 0.3 is 5.97 Å². The fraction of sp³-hybridized carbons (Fsp3) is 0.571. The van der Waals surface area contributed by atoms with E-state index in [9.17, 15) is 9.59 Å². The van der Waals surface area contributed by atoms with Gasteiger partial charge in [0.1, 0.15) is 0 Å². The van der Waals surface area contributed by atoms with Crippen LogP contribution in [-0.2, 0) is 22.6 Å². The molecule has 1 amide bonds. The van der Waals surface area contributed by atoms with Crippen LogP contribution >= 0.6 is 11.3 Å². The van der Waals surface area contributed by atoms with E-state index >= 15 is 0 Å². The third-order valence-corrected chi connectivity index (χ3v) is 5.04. The molecule has 0 aliphatic carbocycles. The first-order chi connectivity index (χ1) is 9.61. The molecule has 3 rings (SSSR count). The van der Waals surface area contributed by atoms with E-state index < -0.39 is 5.97 Å². The average molecular weight is 294 g/mol. The molecule has 1 fully saturated rings. The Morgan fingerprint density at radius 2 is 2.20 bits per heavy atom. The molecule has 0 radical (unpaired) electrons. The van der Waals surface area contributed by atoms with Crippen LogP contribution in [0.3, 0.4) is 0 Å². The predicted octanol–water partition coefficient (Wildman–Crippen LogP) is 1.04. The summed E-state index contributed by atoms with van der Waals surface area (Å²) in [4.78, 5) is 28.2. The van der Waals surface area contributed by atoms with E-state index in [4.69, 9.17) is 5.11 Å². The van der Waals surface area contributed by atoms with Crippen molar-refractivity contribution in [1.82, 2.24) is 9.80 Å². The van der Waals surface area contributed by atoms with Crippen molar-refractivity contribution in [3.8, 4) is 0 Å². The van der Waals surface area contributed by atoms with Gasteiger partial charge < -0.3 is 10.0 Å². The quantitative estimate of drug-likeness (QED) is 0.901. The number of carbonyl (C=O) groups excluding carboxylic acids is 1. The molecule has 1 aromatic rings. The smallest absolute Gasteiger partial charge is 0.303 e. The normalized spacial score (nSPS) is 19.5. The number of hydrogen-bond donors (Lipinski definition) is 1. The van der Waals surface area contributed by atoms with Crippen LogP contribution < -0.4 is 0 Å². The number of hydrogen-bond acceptors (Lipinski definition) is 4. The van der Waals surface area contributed by atoms with Crippen molar-refractivity contribution in [1.29, 1.82) is 0 Å². The van der Waals surface area contributed by atoms with Gasteiger partial charge in [-0.2, -0.15) is 0 Å². The van der Waals surface area contributed by atoms with Gasteiger partial charge in [0.15, 0.2) is 0 Å². The molecule has 0 aromatic carbocycles. The maximum atomic E-state index is 12.2. The van der Waals surface area contributed by atoms with Gasteiger partial charge in [-0.3, -0.25) is 14.5 Å². The zero-order valence-electron chi connectivity index (χ0n) is 11.2. The van der Waals surface area contributed by atoms with Crippen LogP contribution in [0, 0.1) is 5.92 Å². The molecule has 1 saturated heterocycles. The number of rotatable bonds is 4. The average Bonchev–Trinajstić information content (AvgIpc) is 2.82. The van der Waals surface area contributed by atoms with E-state index in [0.29, 0.717) is 6.54 Å². The largest absolute Gasteiger partial charge is 0.481 e. The monoisotopic (exact) mass is 294 g/mol. The molecular formula is C14H18N2O3S. The number of likely N-dealkylation sites (tertiary alicyclic amines) is 1. The van der Waals surface area contributed by atoms with E-state index in [1.54, 1.807) is 11.3 Å².